The summed E-state index contributed by atoms with van der Waals surface area (Å²) in [6.07, 6.45) is 0. The van der Waals surface area contributed by atoms with E-state index in [4.69, 9.17) is 5.73 Å². The number of nitrogens with two attached hydrogens (primary N) is 1. The van der Waals surface area contributed by atoms with Gasteiger partial charge in [0.1, 0.15) is 5.75 Å². The van der Waals surface area contributed by atoms with Crippen molar-refractivity contribution in [1.29, 1.82) is 0 Å². The number of carbonyl (C=O) groups is 1. The van der Waals surface area contributed by atoms with Gasteiger partial charge < -0.3 is 15.4 Å². The van der Waals surface area contributed by atoms with Crippen LogP contribution in [0.5, 0.6) is 5.75 Å². The zero-order valence-corrected chi connectivity index (χ0v) is 7.54. The largest absolute Gasteiger partial charge is 0.507 e. The molecule has 0 saturated carbocycles. The third kappa shape index (κ3) is 1.64. The van der Waals surface area contributed by atoms with Crippen LogP contribution in [0.2, 0.25) is 0 Å². The van der Waals surface area contributed by atoms with Gasteiger partial charge in [-0.15, -0.1) is 0 Å². The van der Waals surface area contributed by atoms with E-state index in [0.717, 1.165) is 0 Å². The number of hydrogen-bond acceptors (Lipinski definition) is 5. The molecular formula is C9H7N3O3. The van der Waals surface area contributed by atoms with E-state index < -0.39 is 5.91 Å². The number of amides is 1. The van der Waals surface area contributed by atoms with Gasteiger partial charge in [-0.2, -0.15) is 4.98 Å². The number of hydrogen-bond donors (Lipinski definition) is 2. The number of aromatic nitrogens is 2. The molecule has 3 N–H and O–H groups in total. The zero-order valence-electron chi connectivity index (χ0n) is 7.54. The average Bonchev–Trinajstić information content (AvgIpc) is 2.67. The fourth-order valence-electron chi connectivity index (χ4n) is 1.10. The second-order valence-electron chi connectivity index (χ2n) is 2.80. The lowest BCUT2D eigenvalue weighted by Crippen LogP contribution is -2.10. The van der Waals surface area contributed by atoms with Gasteiger partial charge >= 0.3 is 11.8 Å². The average molecular weight is 205 g/mol. The maximum atomic E-state index is 10.7. The SMILES string of the molecule is NC(=O)c1nc(-c2ccccc2O)no1. The second kappa shape index (κ2) is 3.41. The van der Waals surface area contributed by atoms with Gasteiger partial charge in [-0.3, -0.25) is 4.79 Å². The third-order valence-electron chi connectivity index (χ3n) is 1.78. The Morgan fingerprint density at radius 3 is 2.73 bits per heavy atom. The molecule has 0 saturated heterocycles. The molecule has 0 spiro atoms. The van der Waals surface area contributed by atoms with Gasteiger partial charge in [0.2, 0.25) is 5.82 Å². The first-order chi connectivity index (χ1) is 7.18. The molecule has 2 rings (SSSR count). The van der Waals surface area contributed by atoms with Crippen molar-refractivity contribution in [3.8, 4) is 17.1 Å². The molecule has 0 unspecified atom stereocenters. The summed E-state index contributed by atoms with van der Waals surface area (Å²) in [4.78, 5) is 14.4. The fraction of sp³-hybridized carbons (Fsp3) is 0. The van der Waals surface area contributed by atoms with Crippen LogP contribution in [-0.4, -0.2) is 21.2 Å². The van der Waals surface area contributed by atoms with Gasteiger partial charge in [-0.05, 0) is 12.1 Å². The molecule has 1 amide bonds. The minimum atomic E-state index is -0.802. The number of para-hydroxylation sites is 1. The van der Waals surface area contributed by atoms with Crippen molar-refractivity contribution >= 4 is 5.91 Å². The van der Waals surface area contributed by atoms with Crippen LogP contribution in [0.25, 0.3) is 11.4 Å². The van der Waals surface area contributed by atoms with Gasteiger partial charge in [-0.25, -0.2) is 0 Å². The minimum Gasteiger partial charge on any atom is -0.507 e. The van der Waals surface area contributed by atoms with Crippen LogP contribution in [0.3, 0.4) is 0 Å². The first kappa shape index (κ1) is 9.20. The second-order valence-corrected chi connectivity index (χ2v) is 2.80. The summed E-state index contributed by atoms with van der Waals surface area (Å²) in [5.41, 5.74) is 5.33. The van der Waals surface area contributed by atoms with Gasteiger partial charge in [-0.1, -0.05) is 17.3 Å². The minimum absolute atomic E-state index is 0.00863. The molecule has 0 radical (unpaired) electrons. The molecule has 0 aliphatic heterocycles. The summed E-state index contributed by atoms with van der Waals surface area (Å²) in [7, 11) is 0. The Kier molecular flexibility index (Phi) is 2.09. The Hall–Kier alpha value is -2.37. The summed E-state index contributed by atoms with van der Waals surface area (Å²) in [5.74, 6) is -0.950. The maximum absolute atomic E-state index is 10.7. The molecule has 1 aromatic carbocycles. The van der Waals surface area contributed by atoms with E-state index >= 15 is 0 Å². The number of phenols is 1. The molecule has 15 heavy (non-hydrogen) atoms. The normalized spacial score (nSPS) is 10.1. The predicted octanol–water partition coefficient (Wildman–Crippen LogP) is 0.541. The highest BCUT2D eigenvalue weighted by Crippen LogP contribution is 2.25. The van der Waals surface area contributed by atoms with Crippen molar-refractivity contribution in [2.24, 2.45) is 5.73 Å². The quantitative estimate of drug-likeness (QED) is 0.744. The van der Waals surface area contributed by atoms with Crippen LogP contribution >= 0.6 is 0 Å². The number of aromatic hydroxyl groups is 1. The summed E-state index contributed by atoms with van der Waals surface area (Å²) < 4.78 is 4.59. The molecule has 0 atom stereocenters. The lowest BCUT2D eigenvalue weighted by molar-refractivity contribution is 0.0958. The molecule has 6 nitrogen and oxygen atoms in total. The summed E-state index contributed by atoms with van der Waals surface area (Å²) in [6.45, 7) is 0. The fourth-order valence-corrected chi connectivity index (χ4v) is 1.10. The number of primary amides is 1. The monoisotopic (exact) mass is 205 g/mol. The van der Waals surface area contributed by atoms with E-state index in [1.807, 2.05) is 0 Å². The topological polar surface area (TPSA) is 102 Å². The first-order valence-electron chi connectivity index (χ1n) is 4.10. The molecule has 0 aliphatic rings. The Morgan fingerprint density at radius 1 is 1.40 bits per heavy atom. The third-order valence-corrected chi connectivity index (χ3v) is 1.78. The number of phenolic OH excluding ortho intramolecular Hbond substituents is 1. The Balaban J connectivity index is 2.46. The summed E-state index contributed by atoms with van der Waals surface area (Å²) in [6, 6.07) is 6.45. The van der Waals surface area contributed by atoms with Gasteiger partial charge in [0.05, 0.1) is 5.56 Å². The molecule has 2 aromatic rings. The molecule has 0 aliphatic carbocycles. The lowest BCUT2D eigenvalue weighted by atomic mass is 10.2. The molecule has 1 heterocycles. The lowest BCUT2D eigenvalue weighted by Gasteiger charge is -1.96. The summed E-state index contributed by atoms with van der Waals surface area (Å²) in [5, 5.41) is 13.0. The Labute approximate surface area is 84.3 Å². The highest BCUT2D eigenvalue weighted by Gasteiger charge is 2.14. The van der Waals surface area contributed by atoms with Crippen molar-refractivity contribution in [2.45, 2.75) is 0 Å². The molecule has 6 heteroatoms. The van der Waals surface area contributed by atoms with Crippen molar-refractivity contribution in [3.05, 3.63) is 30.2 Å². The van der Waals surface area contributed by atoms with Crippen molar-refractivity contribution in [1.82, 2.24) is 10.1 Å². The number of carbonyl (C=O) groups excluding carboxylic acids is 1. The van der Waals surface area contributed by atoms with Crippen molar-refractivity contribution in [3.63, 3.8) is 0 Å². The highest BCUT2D eigenvalue weighted by atomic mass is 16.5. The van der Waals surface area contributed by atoms with Crippen LogP contribution in [0.15, 0.2) is 28.8 Å². The number of rotatable bonds is 2. The van der Waals surface area contributed by atoms with E-state index in [0.29, 0.717) is 5.56 Å². The van der Waals surface area contributed by atoms with Gasteiger partial charge in [0.25, 0.3) is 0 Å². The summed E-state index contributed by atoms with van der Waals surface area (Å²) >= 11 is 0. The molecular weight excluding hydrogens is 198 g/mol. The molecule has 1 aromatic heterocycles. The van der Waals surface area contributed by atoms with E-state index in [1.54, 1.807) is 18.2 Å². The van der Waals surface area contributed by atoms with Gasteiger partial charge in [0.15, 0.2) is 0 Å². The standard InChI is InChI=1S/C9H7N3O3/c10-7(14)9-11-8(12-15-9)5-3-1-2-4-6(5)13/h1-4,13H,(H2,10,14). The predicted molar refractivity (Wildman–Crippen MR) is 49.9 cm³/mol. The maximum Gasteiger partial charge on any atom is 0.316 e. The van der Waals surface area contributed by atoms with E-state index in [2.05, 4.69) is 14.7 Å². The molecule has 0 fully saturated rings. The first-order valence-corrected chi connectivity index (χ1v) is 4.10. The highest BCUT2D eigenvalue weighted by molar-refractivity contribution is 5.88. The molecule has 76 valence electrons. The Bertz CT molecular complexity index is 507. The number of benzene rings is 1. The van der Waals surface area contributed by atoms with Crippen LogP contribution in [0, 0.1) is 0 Å². The van der Waals surface area contributed by atoms with Crippen LogP contribution in [0.4, 0.5) is 0 Å². The van der Waals surface area contributed by atoms with E-state index in [9.17, 15) is 9.90 Å². The van der Waals surface area contributed by atoms with E-state index in [-0.39, 0.29) is 17.5 Å². The van der Waals surface area contributed by atoms with Gasteiger partial charge in [0, 0.05) is 0 Å². The van der Waals surface area contributed by atoms with Crippen LogP contribution in [-0.2, 0) is 0 Å². The Morgan fingerprint density at radius 2 is 2.13 bits per heavy atom. The van der Waals surface area contributed by atoms with Crippen molar-refractivity contribution < 1.29 is 14.4 Å². The van der Waals surface area contributed by atoms with Crippen LogP contribution in [0.1, 0.15) is 10.7 Å². The molecule has 0 bridgehead atoms. The van der Waals surface area contributed by atoms with E-state index in [1.165, 1.54) is 6.07 Å². The number of nitrogens with zero attached hydrogens (tertiary/aromatic N) is 2. The van der Waals surface area contributed by atoms with Crippen molar-refractivity contribution in [2.75, 3.05) is 0 Å². The van der Waals surface area contributed by atoms with Crippen LogP contribution < -0.4 is 5.73 Å². The zero-order chi connectivity index (χ0) is 10.8. The smallest absolute Gasteiger partial charge is 0.316 e.